The number of carbonyl (C=O) groups excluding carboxylic acids is 4. The molecule has 0 aromatic heterocycles. The lowest BCUT2D eigenvalue weighted by Crippen LogP contribution is -2.43. The second-order valence-electron chi connectivity index (χ2n) is 14.3. The van der Waals surface area contributed by atoms with E-state index in [2.05, 4.69) is 38.3 Å². The van der Waals surface area contributed by atoms with Gasteiger partial charge < -0.3 is 10.6 Å². The highest BCUT2D eigenvalue weighted by Gasteiger charge is 2.73. The van der Waals surface area contributed by atoms with Crippen molar-refractivity contribution in [2.75, 3.05) is 10.6 Å². The largest absolute Gasteiger partial charge is 0.326 e. The minimum Gasteiger partial charge on any atom is -0.326 e. The molecule has 2 amide bonds. The lowest BCUT2D eigenvalue weighted by molar-refractivity contribution is -0.131. The average Bonchev–Trinajstić information content (AvgIpc) is 3.38. The van der Waals surface area contributed by atoms with E-state index in [-0.39, 0.29) is 34.2 Å². The summed E-state index contributed by atoms with van der Waals surface area (Å²) in [7, 11) is 0. The van der Waals surface area contributed by atoms with Gasteiger partial charge in [-0.2, -0.15) is 0 Å². The summed E-state index contributed by atoms with van der Waals surface area (Å²) in [4.78, 5) is 52.5. The SMILES string of the molecule is CC1(C)[C@]2(C(=O)Nc3ccc(-c4ccc(NC(=O)[C@]56CC[C@](C)(C(=O)C5)C6(C)C)cc4)cc3)CC[C@@]1(C)C(=O)C2. The highest BCUT2D eigenvalue weighted by molar-refractivity contribution is 6.05. The van der Waals surface area contributed by atoms with Crippen LogP contribution in [0.1, 0.15) is 80.1 Å². The highest BCUT2D eigenvalue weighted by Crippen LogP contribution is 2.71. The van der Waals surface area contributed by atoms with Crippen molar-refractivity contribution in [2.24, 2.45) is 32.5 Å². The first-order valence-corrected chi connectivity index (χ1v) is 14.5. The van der Waals surface area contributed by atoms with Gasteiger partial charge in [0.1, 0.15) is 11.6 Å². The maximum atomic E-state index is 13.5. The van der Waals surface area contributed by atoms with Crippen molar-refractivity contribution < 1.29 is 19.2 Å². The minimum atomic E-state index is -0.657. The number of ketones is 2. The summed E-state index contributed by atoms with van der Waals surface area (Å²) < 4.78 is 0. The van der Waals surface area contributed by atoms with E-state index in [0.717, 1.165) is 36.8 Å². The number of rotatable bonds is 5. The Morgan fingerprint density at radius 1 is 0.550 bits per heavy atom. The van der Waals surface area contributed by atoms with E-state index in [1.54, 1.807) is 0 Å². The summed E-state index contributed by atoms with van der Waals surface area (Å²) in [6.07, 6.45) is 3.64. The van der Waals surface area contributed by atoms with E-state index in [0.29, 0.717) is 24.2 Å². The summed E-state index contributed by atoms with van der Waals surface area (Å²) >= 11 is 0. The van der Waals surface area contributed by atoms with Crippen molar-refractivity contribution in [1.82, 2.24) is 0 Å². The fourth-order valence-electron chi connectivity index (χ4n) is 8.71. The normalized spacial score (nSPS) is 34.8. The molecule has 4 saturated carbocycles. The molecule has 4 bridgehead atoms. The Hall–Kier alpha value is -3.28. The number of anilines is 2. The van der Waals surface area contributed by atoms with E-state index in [1.165, 1.54) is 0 Å². The van der Waals surface area contributed by atoms with Crippen LogP contribution in [0.3, 0.4) is 0 Å². The van der Waals surface area contributed by atoms with Gasteiger partial charge in [-0.1, -0.05) is 65.8 Å². The maximum absolute atomic E-state index is 13.5. The molecule has 2 N–H and O–H groups in total. The van der Waals surface area contributed by atoms with E-state index >= 15 is 0 Å². The molecule has 0 spiro atoms. The quantitative estimate of drug-likeness (QED) is 0.436. The lowest BCUT2D eigenvalue weighted by Gasteiger charge is -2.38. The smallest absolute Gasteiger partial charge is 0.231 e. The zero-order valence-electron chi connectivity index (χ0n) is 24.5. The zero-order valence-corrected chi connectivity index (χ0v) is 24.5. The Bertz CT molecular complexity index is 1340. The molecule has 4 fully saturated rings. The van der Waals surface area contributed by atoms with E-state index in [1.807, 2.05) is 62.4 Å². The number of fused-ring (bicyclic) bond motifs is 4. The topological polar surface area (TPSA) is 92.3 Å². The third kappa shape index (κ3) is 3.11. The predicted molar refractivity (Wildman–Crippen MR) is 155 cm³/mol. The molecule has 40 heavy (non-hydrogen) atoms. The van der Waals surface area contributed by atoms with Crippen LogP contribution in [0.5, 0.6) is 0 Å². The molecule has 6 rings (SSSR count). The van der Waals surface area contributed by atoms with Crippen LogP contribution in [0.4, 0.5) is 11.4 Å². The molecule has 4 atom stereocenters. The number of carbonyl (C=O) groups is 4. The number of amides is 2. The number of hydrogen-bond donors (Lipinski definition) is 2. The van der Waals surface area contributed by atoms with E-state index < -0.39 is 21.7 Å². The van der Waals surface area contributed by atoms with Crippen LogP contribution < -0.4 is 10.6 Å². The van der Waals surface area contributed by atoms with Crippen molar-refractivity contribution in [1.29, 1.82) is 0 Å². The van der Waals surface area contributed by atoms with Crippen LogP contribution in [0.2, 0.25) is 0 Å². The maximum Gasteiger partial charge on any atom is 0.231 e. The molecule has 4 aliphatic rings. The first kappa shape index (κ1) is 26.9. The third-order valence-corrected chi connectivity index (χ3v) is 12.9. The monoisotopic (exact) mass is 540 g/mol. The molecule has 0 saturated heterocycles. The van der Waals surface area contributed by atoms with Crippen molar-refractivity contribution in [3.63, 3.8) is 0 Å². The van der Waals surface area contributed by atoms with Gasteiger partial charge in [0.15, 0.2) is 0 Å². The Morgan fingerprint density at radius 3 is 1.12 bits per heavy atom. The van der Waals surface area contributed by atoms with Gasteiger partial charge >= 0.3 is 0 Å². The van der Waals surface area contributed by atoms with Crippen LogP contribution in [-0.4, -0.2) is 23.4 Å². The van der Waals surface area contributed by atoms with Gasteiger partial charge in [-0.15, -0.1) is 0 Å². The fourth-order valence-corrected chi connectivity index (χ4v) is 8.71. The van der Waals surface area contributed by atoms with Crippen LogP contribution in [0.25, 0.3) is 11.1 Å². The molecule has 0 aliphatic heterocycles. The molecular formula is C34H40N2O4. The van der Waals surface area contributed by atoms with Crippen LogP contribution in [0, 0.1) is 32.5 Å². The fraction of sp³-hybridized carbons (Fsp3) is 0.529. The zero-order chi connectivity index (χ0) is 28.9. The molecule has 0 unspecified atom stereocenters. The molecule has 0 heterocycles. The molecule has 0 radical (unpaired) electrons. The Kier molecular flexibility index (Phi) is 5.48. The van der Waals surface area contributed by atoms with Gasteiger partial charge in [-0.05, 0) is 71.9 Å². The first-order chi connectivity index (χ1) is 18.6. The minimum absolute atomic E-state index is 0.0610. The summed E-state index contributed by atoms with van der Waals surface area (Å²) in [6, 6.07) is 15.5. The molecule has 2 aromatic carbocycles. The Labute approximate surface area is 236 Å². The molecule has 2 aromatic rings. The number of nitrogens with one attached hydrogen (secondary N) is 2. The molecule has 6 nitrogen and oxygen atoms in total. The molecular weight excluding hydrogens is 500 g/mol. The second-order valence-corrected chi connectivity index (χ2v) is 14.3. The standard InChI is InChI=1S/C34H40N2O4/c1-29(2)31(5)15-17-33(29,19-25(31)37)27(39)35-23-11-7-21(8-12-23)22-9-13-24(14-10-22)36-28(40)34-18-16-32(6,26(38)20-34)30(34,3)4/h7-14H,15-20H2,1-6H3,(H,35,39)(H,36,40)/t31-,32+,33+,34-. The van der Waals surface area contributed by atoms with E-state index in [4.69, 9.17) is 0 Å². The van der Waals surface area contributed by atoms with E-state index in [9.17, 15) is 19.2 Å². The van der Waals surface area contributed by atoms with Gasteiger partial charge in [-0.3, -0.25) is 19.2 Å². The van der Waals surface area contributed by atoms with Gasteiger partial charge in [0.05, 0.1) is 10.8 Å². The number of hydrogen-bond acceptors (Lipinski definition) is 4. The van der Waals surface area contributed by atoms with Crippen molar-refractivity contribution in [3.05, 3.63) is 48.5 Å². The van der Waals surface area contributed by atoms with Crippen LogP contribution in [-0.2, 0) is 19.2 Å². The summed E-state index contributed by atoms with van der Waals surface area (Å²) in [5, 5.41) is 6.19. The summed E-state index contributed by atoms with van der Waals surface area (Å²) in [5.41, 5.74) is 0.489. The van der Waals surface area contributed by atoms with Crippen molar-refractivity contribution >= 4 is 34.8 Å². The summed E-state index contributed by atoms with van der Waals surface area (Å²) in [6.45, 7) is 12.3. The molecule has 4 aliphatic carbocycles. The van der Waals surface area contributed by atoms with Gasteiger partial charge in [0, 0.05) is 35.0 Å². The van der Waals surface area contributed by atoms with Gasteiger partial charge in [0.25, 0.3) is 0 Å². The average molecular weight is 541 g/mol. The van der Waals surface area contributed by atoms with Crippen LogP contribution in [0.15, 0.2) is 48.5 Å². The third-order valence-electron chi connectivity index (χ3n) is 12.9. The summed E-state index contributed by atoms with van der Waals surface area (Å²) in [5.74, 6) is 0.287. The molecule has 210 valence electrons. The van der Waals surface area contributed by atoms with Gasteiger partial charge in [-0.25, -0.2) is 0 Å². The van der Waals surface area contributed by atoms with Crippen molar-refractivity contribution in [3.8, 4) is 11.1 Å². The predicted octanol–water partition coefficient (Wildman–Crippen LogP) is 6.80. The number of Topliss-reactive ketones (excluding diaryl/α,β-unsaturated/α-hetero) is 2. The highest BCUT2D eigenvalue weighted by atomic mass is 16.2. The van der Waals surface area contributed by atoms with Gasteiger partial charge in [0.2, 0.25) is 11.8 Å². The van der Waals surface area contributed by atoms with Crippen molar-refractivity contribution in [2.45, 2.75) is 80.1 Å². The van der Waals surface area contributed by atoms with Crippen LogP contribution >= 0.6 is 0 Å². The first-order valence-electron chi connectivity index (χ1n) is 14.5. The number of benzene rings is 2. The molecule has 6 heteroatoms. The Balaban J connectivity index is 1.13. The lowest BCUT2D eigenvalue weighted by atomic mass is 9.64. The Morgan fingerprint density at radius 2 is 0.875 bits per heavy atom. The second kappa shape index (κ2) is 8.14.